The molecule has 0 saturated heterocycles. The number of fused-ring (bicyclic) bond motifs is 1. The zero-order chi connectivity index (χ0) is 14.8. The van der Waals surface area contributed by atoms with Crippen molar-refractivity contribution in [3.63, 3.8) is 0 Å². The number of hydrogen-bond acceptors (Lipinski definition) is 3. The van der Waals surface area contributed by atoms with Crippen LogP contribution >= 0.6 is 0 Å². The van der Waals surface area contributed by atoms with Crippen LogP contribution in [0.2, 0.25) is 0 Å². The van der Waals surface area contributed by atoms with Gasteiger partial charge in [0.15, 0.2) is 0 Å². The highest BCUT2D eigenvalue weighted by Crippen LogP contribution is 2.29. The Kier molecular flexibility index (Phi) is 3.75. The topological polar surface area (TPSA) is 58.4 Å². The SMILES string of the molecule is CCn1cc(CN2Cc3ccccc3C(C(=O)O)C2)cn1. The molecule has 0 saturated carbocycles. The summed E-state index contributed by atoms with van der Waals surface area (Å²) in [5, 5.41) is 13.7. The van der Waals surface area contributed by atoms with Gasteiger partial charge in [-0.25, -0.2) is 0 Å². The third-order valence-electron chi connectivity index (χ3n) is 3.98. The number of benzene rings is 1. The van der Waals surface area contributed by atoms with Gasteiger partial charge in [0.05, 0.1) is 12.1 Å². The Labute approximate surface area is 123 Å². The first-order valence-corrected chi connectivity index (χ1v) is 7.21. The van der Waals surface area contributed by atoms with Gasteiger partial charge in [0.25, 0.3) is 0 Å². The molecule has 0 fully saturated rings. The average molecular weight is 285 g/mol. The summed E-state index contributed by atoms with van der Waals surface area (Å²) in [5.41, 5.74) is 3.19. The summed E-state index contributed by atoms with van der Waals surface area (Å²) >= 11 is 0. The number of carbonyl (C=O) groups is 1. The van der Waals surface area contributed by atoms with Crippen molar-refractivity contribution in [2.45, 2.75) is 32.5 Å². The van der Waals surface area contributed by atoms with Gasteiger partial charge < -0.3 is 5.11 Å². The molecule has 1 atom stereocenters. The molecule has 0 bridgehead atoms. The Morgan fingerprint density at radius 2 is 2.24 bits per heavy atom. The van der Waals surface area contributed by atoms with E-state index in [-0.39, 0.29) is 0 Å². The molecule has 5 nitrogen and oxygen atoms in total. The van der Waals surface area contributed by atoms with E-state index in [4.69, 9.17) is 0 Å². The van der Waals surface area contributed by atoms with Crippen LogP contribution in [0.25, 0.3) is 0 Å². The summed E-state index contributed by atoms with van der Waals surface area (Å²) < 4.78 is 1.89. The molecule has 1 aromatic carbocycles. The van der Waals surface area contributed by atoms with Crippen LogP contribution in [-0.4, -0.2) is 32.3 Å². The first-order chi connectivity index (χ1) is 10.2. The van der Waals surface area contributed by atoms with Crippen LogP contribution in [0.1, 0.15) is 29.5 Å². The van der Waals surface area contributed by atoms with E-state index in [1.165, 1.54) is 0 Å². The van der Waals surface area contributed by atoms with Gasteiger partial charge in [-0.3, -0.25) is 14.4 Å². The fourth-order valence-corrected chi connectivity index (χ4v) is 2.93. The molecule has 21 heavy (non-hydrogen) atoms. The third kappa shape index (κ3) is 2.83. The van der Waals surface area contributed by atoms with Crippen molar-refractivity contribution in [1.82, 2.24) is 14.7 Å². The van der Waals surface area contributed by atoms with Gasteiger partial charge in [-0.15, -0.1) is 0 Å². The molecule has 110 valence electrons. The van der Waals surface area contributed by atoms with Crippen LogP contribution in [-0.2, 0) is 24.4 Å². The Morgan fingerprint density at radius 1 is 1.43 bits per heavy atom. The van der Waals surface area contributed by atoms with Crippen molar-refractivity contribution in [3.8, 4) is 0 Å². The van der Waals surface area contributed by atoms with Crippen LogP contribution in [0.4, 0.5) is 0 Å². The first-order valence-electron chi connectivity index (χ1n) is 7.21. The minimum Gasteiger partial charge on any atom is -0.481 e. The number of aromatic nitrogens is 2. The van der Waals surface area contributed by atoms with E-state index in [1.807, 2.05) is 48.3 Å². The maximum atomic E-state index is 11.5. The molecule has 1 aliphatic rings. The average Bonchev–Trinajstić information content (AvgIpc) is 2.94. The number of aliphatic carboxylic acids is 1. The number of carboxylic acid groups (broad SMARTS) is 1. The molecule has 2 heterocycles. The van der Waals surface area contributed by atoms with E-state index in [2.05, 4.69) is 10.00 Å². The van der Waals surface area contributed by atoms with Crippen molar-refractivity contribution in [2.24, 2.45) is 0 Å². The van der Waals surface area contributed by atoms with Crippen molar-refractivity contribution in [3.05, 3.63) is 53.3 Å². The summed E-state index contributed by atoms with van der Waals surface area (Å²) in [6.45, 7) is 4.97. The first kappa shape index (κ1) is 13.8. The second-order valence-corrected chi connectivity index (χ2v) is 5.46. The van der Waals surface area contributed by atoms with Crippen molar-refractivity contribution >= 4 is 5.97 Å². The van der Waals surface area contributed by atoms with Crippen molar-refractivity contribution in [1.29, 1.82) is 0 Å². The fraction of sp³-hybridized carbons (Fsp3) is 0.375. The molecule has 1 aromatic heterocycles. The molecule has 2 aromatic rings. The van der Waals surface area contributed by atoms with E-state index < -0.39 is 11.9 Å². The number of hydrogen-bond donors (Lipinski definition) is 1. The van der Waals surface area contributed by atoms with Crippen molar-refractivity contribution < 1.29 is 9.90 Å². The van der Waals surface area contributed by atoms with Gasteiger partial charge in [0.2, 0.25) is 0 Å². The minimum atomic E-state index is -0.753. The molecule has 5 heteroatoms. The summed E-state index contributed by atoms with van der Waals surface area (Å²) in [7, 11) is 0. The quantitative estimate of drug-likeness (QED) is 0.934. The normalized spacial score (nSPS) is 18.4. The maximum absolute atomic E-state index is 11.5. The summed E-state index contributed by atoms with van der Waals surface area (Å²) in [6.07, 6.45) is 3.88. The van der Waals surface area contributed by atoms with Crippen LogP contribution < -0.4 is 0 Å². The molecule has 0 aliphatic carbocycles. The van der Waals surface area contributed by atoms with E-state index in [0.717, 1.165) is 36.3 Å². The Morgan fingerprint density at radius 3 is 2.95 bits per heavy atom. The van der Waals surface area contributed by atoms with Crippen LogP contribution in [0, 0.1) is 0 Å². The molecule has 3 rings (SSSR count). The smallest absolute Gasteiger partial charge is 0.312 e. The molecular weight excluding hydrogens is 266 g/mol. The largest absolute Gasteiger partial charge is 0.481 e. The molecule has 1 aliphatic heterocycles. The highest BCUT2D eigenvalue weighted by Gasteiger charge is 2.30. The van der Waals surface area contributed by atoms with Crippen LogP contribution in [0.3, 0.4) is 0 Å². The number of rotatable bonds is 4. The molecular formula is C16H19N3O2. The molecule has 0 spiro atoms. The van der Waals surface area contributed by atoms with E-state index >= 15 is 0 Å². The van der Waals surface area contributed by atoms with Gasteiger partial charge in [0, 0.05) is 37.9 Å². The lowest BCUT2D eigenvalue weighted by Gasteiger charge is -2.32. The van der Waals surface area contributed by atoms with Crippen LogP contribution in [0.5, 0.6) is 0 Å². The zero-order valence-corrected chi connectivity index (χ0v) is 12.1. The highest BCUT2D eigenvalue weighted by atomic mass is 16.4. The van der Waals surface area contributed by atoms with Gasteiger partial charge in [0.1, 0.15) is 0 Å². The molecule has 1 unspecified atom stereocenters. The predicted octanol–water partition coefficient (Wildman–Crippen LogP) is 2.09. The number of aryl methyl sites for hydroxylation is 1. The Bertz CT molecular complexity index is 650. The summed E-state index contributed by atoms with van der Waals surface area (Å²) in [4.78, 5) is 13.7. The van der Waals surface area contributed by atoms with E-state index in [9.17, 15) is 9.90 Å². The summed E-state index contributed by atoms with van der Waals surface area (Å²) in [6, 6.07) is 7.83. The lowest BCUT2D eigenvalue weighted by Crippen LogP contribution is -2.36. The highest BCUT2D eigenvalue weighted by molar-refractivity contribution is 5.77. The standard InChI is InChI=1S/C16H19N3O2/c1-2-19-9-12(7-17-19)8-18-10-13-5-3-4-6-14(13)15(11-18)16(20)21/h3-7,9,15H,2,8,10-11H2,1H3,(H,20,21). The lowest BCUT2D eigenvalue weighted by atomic mass is 9.89. The second kappa shape index (κ2) is 5.69. The van der Waals surface area contributed by atoms with E-state index in [0.29, 0.717) is 6.54 Å². The molecule has 0 radical (unpaired) electrons. The van der Waals surface area contributed by atoms with E-state index in [1.54, 1.807) is 0 Å². The Hall–Kier alpha value is -2.14. The van der Waals surface area contributed by atoms with Gasteiger partial charge in [-0.1, -0.05) is 24.3 Å². The lowest BCUT2D eigenvalue weighted by molar-refractivity contribution is -0.139. The second-order valence-electron chi connectivity index (χ2n) is 5.46. The monoisotopic (exact) mass is 285 g/mol. The molecule has 0 amide bonds. The van der Waals surface area contributed by atoms with Crippen molar-refractivity contribution in [2.75, 3.05) is 6.54 Å². The number of nitrogens with zero attached hydrogens (tertiary/aromatic N) is 3. The van der Waals surface area contributed by atoms with Gasteiger partial charge >= 0.3 is 5.97 Å². The maximum Gasteiger partial charge on any atom is 0.312 e. The van der Waals surface area contributed by atoms with Crippen LogP contribution in [0.15, 0.2) is 36.7 Å². The molecule has 1 N–H and O–H groups in total. The zero-order valence-electron chi connectivity index (χ0n) is 12.1. The Balaban J connectivity index is 1.81. The third-order valence-corrected chi connectivity index (χ3v) is 3.98. The van der Waals surface area contributed by atoms with Gasteiger partial charge in [-0.05, 0) is 18.1 Å². The fourth-order valence-electron chi connectivity index (χ4n) is 2.93. The summed E-state index contributed by atoms with van der Waals surface area (Å²) in [5.74, 6) is -1.20. The minimum absolute atomic E-state index is 0.448. The number of carboxylic acids is 1. The predicted molar refractivity (Wildman–Crippen MR) is 78.8 cm³/mol. The van der Waals surface area contributed by atoms with Gasteiger partial charge in [-0.2, -0.15) is 5.10 Å².